The molecule has 1 aliphatic rings. The van der Waals surface area contributed by atoms with Crippen LogP contribution < -0.4 is 5.32 Å². The van der Waals surface area contributed by atoms with Crippen molar-refractivity contribution in [3.05, 3.63) is 54.2 Å². The van der Waals surface area contributed by atoms with Gasteiger partial charge in [-0.25, -0.2) is 0 Å². The number of rotatable bonds is 6. The van der Waals surface area contributed by atoms with Crippen LogP contribution in [0.1, 0.15) is 35.4 Å². The highest BCUT2D eigenvalue weighted by molar-refractivity contribution is 5.97. The van der Waals surface area contributed by atoms with E-state index < -0.39 is 0 Å². The van der Waals surface area contributed by atoms with E-state index >= 15 is 0 Å². The molecule has 5 heteroatoms. The molecule has 0 aliphatic heterocycles. The molecule has 4 rings (SSSR count). The summed E-state index contributed by atoms with van der Waals surface area (Å²) in [5.41, 5.74) is 3.47. The Hall–Kier alpha value is -2.56. The predicted molar refractivity (Wildman–Crippen MR) is 91.8 cm³/mol. The Labute approximate surface area is 140 Å². The Morgan fingerprint density at radius 3 is 3.00 bits per heavy atom. The Kier molecular flexibility index (Phi) is 4.07. The van der Waals surface area contributed by atoms with Crippen molar-refractivity contribution in [1.82, 2.24) is 14.9 Å². The van der Waals surface area contributed by atoms with Crippen LogP contribution >= 0.6 is 0 Å². The van der Waals surface area contributed by atoms with E-state index in [1.165, 1.54) is 19.3 Å². The molecule has 3 aromatic heterocycles. The standard InChI is InChI=1S/C19H21N3O2/c23-19(21-10-7-15-6-1-2-9-20-15)17-12-18-16(8-11-24-18)22(17)13-14-4-3-5-14/h1-2,6,8-9,11-12,14H,3-5,7,10,13H2,(H,21,23). The van der Waals surface area contributed by atoms with Crippen LogP contribution in [-0.4, -0.2) is 22.0 Å². The van der Waals surface area contributed by atoms with Gasteiger partial charge in [0.05, 0.1) is 11.8 Å². The minimum Gasteiger partial charge on any atom is -0.463 e. The van der Waals surface area contributed by atoms with Crippen molar-refractivity contribution < 1.29 is 9.21 Å². The molecule has 0 unspecified atom stereocenters. The fourth-order valence-corrected chi connectivity index (χ4v) is 3.24. The fourth-order valence-electron chi connectivity index (χ4n) is 3.24. The van der Waals surface area contributed by atoms with Crippen LogP contribution in [0.5, 0.6) is 0 Å². The molecule has 1 saturated carbocycles. The molecule has 24 heavy (non-hydrogen) atoms. The van der Waals surface area contributed by atoms with E-state index in [1.807, 2.05) is 30.3 Å². The van der Waals surface area contributed by atoms with Gasteiger partial charge < -0.3 is 14.3 Å². The van der Waals surface area contributed by atoms with Gasteiger partial charge in [0.2, 0.25) is 0 Å². The van der Waals surface area contributed by atoms with Crippen molar-refractivity contribution in [3.8, 4) is 0 Å². The Morgan fingerprint density at radius 2 is 2.25 bits per heavy atom. The summed E-state index contributed by atoms with van der Waals surface area (Å²) in [6.07, 6.45) is 7.98. The van der Waals surface area contributed by atoms with Crippen molar-refractivity contribution in [1.29, 1.82) is 0 Å². The number of nitrogens with zero attached hydrogens (tertiary/aromatic N) is 2. The van der Waals surface area contributed by atoms with Crippen molar-refractivity contribution in [2.45, 2.75) is 32.2 Å². The highest BCUT2D eigenvalue weighted by atomic mass is 16.3. The third kappa shape index (κ3) is 2.94. The lowest BCUT2D eigenvalue weighted by molar-refractivity contribution is 0.0942. The maximum absolute atomic E-state index is 12.6. The van der Waals surface area contributed by atoms with Gasteiger partial charge in [-0.15, -0.1) is 0 Å². The molecule has 3 heterocycles. The largest absolute Gasteiger partial charge is 0.463 e. The SMILES string of the molecule is O=C(NCCc1ccccn1)c1cc2occc2n1CC1CCC1. The molecule has 0 aromatic carbocycles. The van der Waals surface area contributed by atoms with E-state index in [1.54, 1.807) is 12.5 Å². The molecule has 1 amide bonds. The molecule has 0 bridgehead atoms. The lowest BCUT2D eigenvalue weighted by Gasteiger charge is -2.26. The summed E-state index contributed by atoms with van der Waals surface area (Å²) in [6.45, 7) is 1.47. The van der Waals surface area contributed by atoms with Crippen molar-refractivity contribution in [3.63, 3.8) is 0 Å². The van der Waals surface area contributed by atoms with E-state index in [2.05, 4.69) is 14.9 Å². The smallest absolute Gasteiger partial charge is 0.268 e. The highest BCUT2D eigenvalue weighted by Gasteiger charge is 2.23. The van der Waals surface area contributed by atoms with Gasteiger partial charge in [0, 0.05) is 43.5 Å². The monoisotopic (exact) mass is 323 g/mol. The molecule has 1 N–H and O–H groups in total. The predicted octanol–water partition coefficient (Wildman–Crippen LogP) is 3.40. The summed E-state index contributed by atoms with van der Waals surface area (Å²) in [5.74, 6) is 0.632. The number of fused-ring (bicyclic) bond motifs is 1. The van der Waals surface area contributed by atoms with Gasteiger partial charge in [-0.3, -0.25) is 9.78 Å². The first-order chi connectivity index (χ1) is 11.8. The van der Waals surface area contributed by atoms with Gasteiger partial charge in [-0.2, -0.15) is 0 Å². The summed E-state index contributed by atoms with van der Waals surface area (Å²) < 4.78 is 7.60. The van der Waals surface area contributed by atoms with Gasteiger partial charge in [-0.05, 0) is 30.9 Å². The van der Waals surface area contributed by atoms with Crippen LogP contribution in [0, 0.1) is 5.92 Å². The van der Waals surface area contributed by atoms with Gasteiger partial charge in [0.15, 0.2) is 5.58 Å². The topological polar surface area (TPSA) is 60.1 Å². The molecule has 1 fully saturated rings. The normalized spacial score (nSPS) is 14.7. The number of amides is 1. The van der Waals surface area contributed by atoms with E-state index in [0.717, 1.165) is 29.8 Å². The minimum atomic E-state index is -0.0448. The van der Waals surface area contributed by atoms with E-state index in [4.69, 9.17) is 4.42 Å². The molecule has 0 radical (unpaired) electrons. The van der Waals surface area contributed by atoms with Crippen LogP contribution in [-0.2, 0) is 13.0 Å². The zero-order chi connectivity index (χ0) is 16.4. The van der Waals surface area contributed by atoms with E-state index in [-0.39, 0.29) is 5.91 Å². The first-order valence-electron chi connectivity index (χ1n) is 8.56. The summed E-state index contributed by atoms with van der Waals surface area (Å²) in [4.78, 5) is 16.9. The average Bonchev–Trinajstić information content (AvgIpc) is 3.13. The second-order valence-electron chi connectivity index (χ2n) is 6.43. The van der Waals surface area contributed by atoms with E-state index in [0.29, 0.717) is 18.2 Å². The van der Waals surface area contributed by atoms with Gasteiger partial charge in [-0.1, -0.05) is 12.5 Å². The zero-order valence-electron chi connectivity index (χ0n) is 13.6. The maximum atomic E-state index is 12.6. The number of carbonyl (C=O) groups is 1. The van der Waals surface area contributed by atoms with Crippen LogP contribution in [0.3, 0.4) is 0 Å². The van der Waals surface area contributed by atoms with Crippen LogP contribution in [0.2, 0.25) is 0 Å². The number of aromatic nitrogens is 2. The summed E-state index contributed by atoms with van der Waals surface area (Å²) in [6, 6.07) is 9.62. The van der Waals surface area contributed by atoms with Crippen molar-refractivity contribution >= 4 is 17.0 Å². The third-order valence-electron chi connectivity index (χ3n) is 4.81. The Bertz CT molecular complexity index is 831. The summed E-state index contributed by atoms with van der Waals surface area (Å²) >= 11 is 0. The third-order valence-corrected chi connectivity index (χ3v) is 4.81. The lowest BCUT2D eigenvalue weighted by atomic mass is 9.85. The Balaban J connectivity index is 1.46. The van der Waals surface area contributed by atoms with Gasteiger partial charge >= 0.3 is 0 Å². The second kappa shape index (κ2) is 6.51. The zero-order valence-corrected chi connectivity index (χ0v) is 13.6. The molecular weight excluding hydrogens is 302 g/mol. The molecule has 0 spiro atoms. The molecule has 0 atom stereocenters. The molecular formula is C19H21N3O2. The fraction of sp³-hybridized carbons (Fsp3) is 0.368. The molecule has 5 nitrogen and oxygen atoms in total. The molecule has 0 saturated heterocycles. The number of pyridine rings is 1. The molecule has 1 aliphatic carbocycles. The van der Waals surface area contributed by atoms with Crippen molar-refractivity contribution in [2.75, 3.05) is 6.54 Å². The summed E-state index contributed by atoms with van der Waals surface area (Å²) in [7, 11) is 0. The van der Waals surface area contributed by atoms with Crippen molar-refractivity contribution in [2.24, 2.45) is 5.92 Å². The number of hydrogen-bond donors (Lipinski definition) is 1. The lowest BCUT2D eigenvalue weighted by Crippen LogP contribution is -2.29. The van der Waals surface area contributed by atoms with E-state index in [9.17, 15) is 4.79 Å². The van der Waals surface area contributed by atoms with Crippen LogP contribution in [0.25, 0.3) is 11.1 Å². The Morgan fingerprint density at radius 1 is 1.33 bits per heavy atom. The van der Waals surface area contributed by atoms with Gasteiger partial charge in [0.1, 0.15) is 5.69 Å². The molecule has 124 valence electrons. The molecule has 3 aromatic rings. The van der Waals surface area contributed by atoms with Gasteiger partial charge in [0.25, 0.3) is 5.91 Å². The number of hydrogen-bond acceptors (Lipinski definition) is 3. The van der Waals surface area contributed by atoms with Crippen LogP contribution in [0.4, 0.5) is 0 Å². The second-order valence-corrected chi connectivity index (χ2v) is 6.43. The summed E-state index contributed by atoms with van der Waals surface area (Å²) in [5, 5.41) is 3.01. The maximum Gasteiger partial charge on any atom is 0.268 e. The number of nitrogens with one attached hydrogen (secondary N) is 1. The quantitative estimate of drug-likeness (QED) is 0.756. The number of furan rings is 1. The number of carbonyl (C=O) groups excluding carboxylic acids is 1. The first-order valence-corrected chi connectivity index (χ1v) is 8.56. The first kappa shape index (κ1) is 15.0. The minimum absolute atomic E-state index is 0.0448. The highest BCUT2D eigenvalue weighted by Crippen LogP contribution is 2.31. The average molecular weight is 323 g/mol. The van der Waals surface area contributed by atoms with Crippen LogP contribution in [0.15, 0.2) is 47.2 Å².